The average molecular weight is 286 g/mol. The predicted octanol–water partition coefficient (Wildman–Crippen LogP) is 0.969. The molecule has 0 aliphatic heterocycles. The lowest BCUT2D eigenvalue weighted by Gasteiger charge is -2.11. The molecule has 1 unspecified atom stereocenters. The van der Waals surface area contributed by atoms with Crippen molar-refractivity contribution in [2.75, 3.05) is 0 Å². The Morgan fingerprint density at radius 3 is 2.89 bits per heavy atom. The third-order valence-corrected chi connectivity index (χ3v) is 5.59. The van der Waals surface area contributed by atoms with Crippen molar-refractivity contribution in [3.8, 4) is 0 Å². The van der Waals surface area contributed by atoms with Gasteiger partial charge in [-0.25, -0.2) is 13.1 Å². The summed E-state index contributed by atoms with van der Waals surface area (Å²) in [6.45, 7) is 2.11. The van der Waals surface area contributed by atoms with E-state index in [2.05, 4.69) is 14.9 Å². The van der Waals surface area contributed by atoms with Crippen LogP contribution in [-0.4, -0.2) is 18.6 Å². The fraction of sp³-hybridized carbons (Fsp3) is 0.300. The molecular weight excluding hydrogens is 272 g/mol. The molecule has 18 heavy (non-hydrogen) atoms. The van der Waals surface area contributed by atoms with E-state index in [4.69, 9.17) is 5.73 Å². The maximum Gasteiger partial charge on any atom is 0.250 e. The van der Waals surface area contributed by atoms with Crippen LogP contribution in [0, 0.1) is 0 Å². The summed E-state index contributed by atoms with van der Waals surface area (Å²) in [5.74, 6) is 0. The summed E-state index contributed by atoms with van der Waals surface area (Å²) in [5.41, 5.74) is 6.25. The van der Waals surface area contributed by atoms with E-state index in [0.29, 0.717) is 6.54 Å². The molecule has 2 heterocycles. The fourth-order valence-electron chi connectivity index (χ4n) is 1.47. The predicted molar refractivity (Wildman–Crippen MR) is 69.5 cm³/mol. The zero-order chi connectivity index (χ0) is 13.2. The first kappa shape index (κ1) is 13.2. The summed E-state index contributed by atoms with van der Waals surface area (Å²) in [7, 11) is -3.50. The highest BCUT2D eigenvalue weighted by atomic mass is 32.2. The second-order valence-electron chi connectivity index (χ2n) is 3.80. The number of hydrogen-bond donors (Lipinski definition) is 3. The standard InChI is InChI=1S/C10H14N4O2S2/c1-7(8-5-12-13-6-8)14-18(15,16)10-3-2-9(4-11)17-10/h2-3,5-7,14H,4,11H2,1H3,(H,12,13). The Kier molecular flexibility index (Phi) is 3.81. The fourth-order valence-corrected chi connectivity index (χ4v) is 3.95. The maximum atomic E-state index is 12.1. The van der Waals surface area contributed by atoms with Gasteiger partial charge in [0.05, 0.1) is 6.20 Å². The van der Waals surface area contributed by atoms with Gasteiger partial charge in [-0.2, -0.15) is 5.10 Å². The van der Waals surface area contributed by atoms with E-state index in [-0.39, 0.29) is 10.3 Å². The van der Waals surface area contributed by atoms with Crippen molar-refractivity contribution in [1.29, 1.82) is 0 Å². The third-order valence-electron chi connectivity index (χ3n) is 2.45. The van der Waals surface area contributed by atoms with E-state index in [1.165, 1.54) is 11.3 Å². The normalized spacial score (nSPS) is 13.7. The zero-order valence-corrected chi connectivity index (χ0v) is 11.4. The monoisotopic (exact) mass is 286 g/mol. The second kappa shape index (κ2) is 5.19. The molecule has 2 aromatic heterocycles. The Balaban J connectivity index is 2.17. The molecule has 0 saturated carbocycles. The second-order valence-corrected chi connectivity index (χ2v) is 6.91. The number of aromatic amines is 1. The molecule has 8 heteroatoms. The van der Waals surface area contributed by atoms with Crippen LogP contribution in [0.15, 0.2) is 28.7 Å². The molecule has 0 aliphatic rings. The van der Waals surface area contributed by atoms with Crippen molar-refractivity contribution in [2.24, 2.45) is 5.73 Å². The van der Waals surface area contributed by atoms with Gasteiger partial charge in [-0.3, -0.25) is 5.10 Å². The molecular formula is C10H14N4O2S2. The van der Waals surface area contributed by atoms with Gasteiger partial charge in [0.1, 0.15) is 4.21 Å². The molecule has 6 nitrogen and oxygen atoms in total. The molecule has 2 aromatic rings. The minimum absolute atomic E-state index is 0.276. The topological polar surface area (TPSA) is 101 Å². The Hall–Kier alpha value is -1.22. The van der Waals surface area contributed by atoms with Crippen LogP contribution < -0.4 is 10.5 Å². The summed E-state index contributed by atoms with van der Waals surface area (Å²) >= 11 is 1.18. The highest BCUT2D eigenvalue weighted by Gasteiger charge is 2.20. The number of nitrogens with one attached hydrogen (secondary N) is 2. The Morgan fingerprint density at radius 1 is 1.56 bits per heavy atom. The van der Waals surface area contributed by atoms with Crippen LogP contribution in [0.4, 0.5) is 0 Å². The van der Waals surface area contributed by atoms with Gasteiger partial charge in [-0.1, -0.05) is 0 Å². The van der Waals surface area contributed by atoms with Crippen molar-refractivity contribution in [3.63, 3.8) is 0 Å². The number of hydrogen-bond acceptors (Lipinski definition) is 5. The van der Waals surface area contributed by atoms with Crippen LogP contribution in [0.3, 0.4) is 0 Å². The quantitative estimate of drug-likeness (QED) is 0.762. The van der Waals surface area contributed by atoms with Gasteiger partial charge in [-0.15, -0.1) is 11.3 Å². The summed E-state index contributed by atoms with van der Waals surface area (Å²) in [6.07, 6.45) is 3.25. The van der Waals surface area contributed by atoms with Crippen molar-refractivity contribution in [1.82, 2.24) is 14.9 Å². The average Bonchev–Trinajstić information content (AvgIpc) is 3.00. The Morgan fingerprint density at radius 2 is 2.33 bits per heavy atom. The van der Waals surface area contributed by atoms with Gasteiger partial charge in [0.15, 0.2) is 0 Å². The van der Waals surface area contributed by atoms with E-state index in [9.17, 15) is 8.42 Å². The summed E-state index contributed by atoms with van der Waals surface area (Å²) in [6, 6.07) is 2.95. The smallest absolute Gasteiger partial charge is 0.250 e. The number of aromatic nitrogens is 2. The van der Waals surface area contributed by atoms with Crippen LogP contribution in [0.1, 0.15) is 23.4 Å². The number of nitrogens with two attached hydrogens (primary N) is 1. The van der Waals surface area contributed by atoms with Gasteiger partial charge in [0, 0.05) is 29.2 Å². The first-order chi connectivity index (χ1) is 8.53. The van der Waals surface area contributed by atoms with E-state index in [0.717, 1.165) is 10.4 Å². The van der Waals surface area contributed by atoms with E-state index < -0.39 is 10.0 Å². The van der Waals surface area contributed by atoms with Gasteiger partial charge in [0.25, 0.3) is 10.0 Å². The van der Waals surface area contributed by atoms with Crippen molar-refractivity contribution in [2.45, 2.75) is 23.7 Å². The van der Waals surface area contributed by atoms with Crippen LogP contribution in [-0.2, 0) is 16.6 Å². The van der Waals surface area contributed by atoms with Gasteiger partial charge in [0.2, 0.25) is 0 Å². The summed E-state index contributed by atoms with van der Waals surface area (Å²) in [4.78, 5) is 0.839. The molecule has 0 aromatic carbocycles. The molecule has 0 spiro atoms. The van der Waals surface area contributed by atoms with E-state index in [1.807, 2.05) is 0 Å². The molecule has 0 bridgehead atoms. The lowest BCUT2D eigenvalue weighted by atomic mass is 10.2. The molecule has 4 N–H and O–H groups in total. The number of nitrogens with zero attached hydrogens (tertiary/aromatic N) is 1. The van der Waals surface area contributed by atoms with Crippen molar-refractivity contribution in [3.05, 3.63) is 35.0 Å². The number of rotatable bonds is 5. The SMILES string of the molecule is CC(NS(=O)(=O)c1ccc(CN)s1)c1cn[nH]c1. The van der Waals surface area contributed by atoms with Gasteiger partial charge >= 0.3 is 0 Å². The lowest BCUT2D eigenvalue weighted by Crippen LogP contribution is -2.25. The first-order valence-corrected chi connectivity index (χ1v) is 7.62. The minimum Gasteiger partial charge on any atom is -0.326 e. The van der Waals surface area contributed by atoms with Crippen molar-refractivity contribution < 1.29 is 8.42 Å². The molecule has 0 amide bonds. The lowest BCUT2D eigenvalue weighted by molar-refractivity contribution is 0.569. The molecule has 0 fully saturated rings. The highest BCUT2D eigenvalue weighted by Crippen LogP contribution is 2.23. The molecule has 0 saturated heterocycles. The third kappa shape index (κ3) is 2.78. The number of H-pyrrole nitrogens is 1. The van der Waals surface area contributed by atoms with Crippen LogP contribution in [0.2, 0.25) is 0 Å². The highest BCUT2D eigenvalue weighted by molar-refractivity contribution is 7.91. The molecule has 98 valence electrons. The Labute approximate surface area is 109 Å². The van der Waals surface area contributed by atoms with E-state index in [1.54, 1.807) is 31.5 Å². The molecule has 2 rings (SSSR count). The summed E-state index contributed by atoms with van der Waals surface area (Å²) < 4.78 is 27.1. The van der Waals surface area contributed by atoms with Gasteiger partial charge in [-0.05, 0) is 19.1 Å². The van der Waals surface area contributed by atoms with Crippen LogP contribution in [0.25, 0.3) is 0 Å². The van der Waals surface area contributed by atoms with Crippen molar-refractivity contribution >= 4 is 21.4 Å². The maximum absolute atomic E-state index is 12.1. The zero-order valence-electron chi connectivity index (χ0n) is 9.75. The number of sulfonamides is 1. The number of thiophene rings is 1. The minimum atomic E-state index is -3.50. The molecule has 0 radical (unpaired) electrons. The van der Waals surface area contributed by atoms with E-state index >= 15 is 0 Å². The van der Waals surface area contributed by atoms with Crippen LogP contribution >= 0.6 is 11.3 Å². The first-order valence-electron chi connectivity index (χ1n) is 5.32. The molecule has 1 atom stereocenters. The Bertz CT molecular complexity index is 604. The van der Waals surface area contributed by atoms with Gasteiger partial charge < -0.3 is 5.73 Å². The van der Waals surface area contributed by atoms with Crippen LogP contribution in [0.5, 0.6) is 0 Å². The molecule has 0 aliphatic carbocycles. The largest absolute Gasteiger partial charge is 0.326 e. The summed E-state index contributed by atoms with van der Waals surface area (Å²) in [5, 5.41) is 6.44.